The van der Waals surface area contributed by atoms with Gasteiger partial charge in [0.2, 0.25) is 11.2 Å². The molecule has 25 heavy (non-hydrogen) atoms. The maximum absolute atomic E-state index is 12.8. The van der Waals surface area contributed by atoms with Crippen LogP contribution in [0, 0.1) is 0 Å². The molecule has 5 nitrogen and oxygen atoms in total. The summed E-state index contributed by atoms with van der Waals surface area (Å²) in [5, 5.41) is 9.33. The van der Waals surface area contributed by atoms with Crippen molar-refractivity contribution < 1.29 is 19.1 Å². The molecule has 1 aliphatic rings. The second-order valence-electron chi connectivity index (χ2n) is 6.20. The van der Waals surface area contributed by atoms with E-state index >= 15 is 0 Å². The summed E-state index contributed by atoms with van der Waals surface area (Å²) in [5.74, 6) is 0.00803. The van der Waals surface area contributed by atoms with Crippen LogP contribution in [0.3, 0.4) is 0 Å². The number of carbonyl (C=O) groups is 1. The molecule has 1 aliphatic carbocycles. The Bertz CT molecular complexity index is 1020. The molecular weight excluding hydrogens is 320 g/mol. The molecule has 5 heteroatoms. The lowest BCUT2D eigenvalue weighted by Gasteiger charge is -2.09. The first-order valence-electron chi connectivity index (χ1n) is 8.03. The molecule has 126 valence electrons. The number of hydrogen-bond donors (Lipinski definition) is 1. The van der Waals surface area contributed by atoms with Crippen LogP contribution in [-0.2, 0) is 0 Å². The SMILES string of the molecule is COc1c([C@@H]2C[C@H]2c2ccccc2)oc2ccc(C(=O)O)cc2c1=O. The van der Waals surface area contributed by atoms with Gasteiger partial charge in [0.25, 0.3) is 0 Å². The lowest BCUT2D eigenvalue weighted by molar-refractivity contribution is 0.0697. The Morgan fingerprint density at radius 3 is 2.60 bits per heavy atom. The van der Waals surface area contributed by atoms with Crippen molar-refractivity contribution in [3.8, 4) is 5.75 Å². The zero-order valence-electron chi connectivity index (χ0n) is 13.6. The van der Waals surface area contributed by atoms with Gasteiger partial charge in [-0.1, -0.05) is 30.3 Å². The Kier molecular flexibility index (Phi) is 3.57. The molecule has 2 aromatic carbocycles. The summed E-state index contributed by atoms with van der Waals surface area (Å²) in [6.07, 6.45) is 0.891. The number of carboxylic acids is 1. The number of benzene rings is 2. The van der Waals surface area contributed by atoms with Crippen molar-refractivity contribution in [2.75, 3.05) is 7.11 Å². The second-order valence-corrected chi connectivity index (χ2v) is 6.20. The number of rotatable bonds is 4. The van der Waals surface area contributed by atoms with Crippen molar-refractivity contribution in [1.29, 1.82) is 0 Å². The first kappa shape index (κ1) is 15.4. The Morgan fingerprint density at radius 2 is 1.92 bits per heavy atom. The maximum atomic E-state index is 12.8. The minimum Gasteiger partial charge on any atom is -0.490 e. The molecule has 0 saturated heterocycles. The van der Waals surface area contributed by atoms with E-state index in [0.29, 0.717) is 17.3 Å². The first-order chi connectivity index (χ1) is 12.1. The van der Waals surface area contributed by atoms with Gasteiger partial charge in [0.05, 0.1) is 18.1 Å². The van der Waals surface area contributed by atoms with E-state index in [-0.39, 0.29) is 28.0 Å². The standard InChI is InChI=1S/C20H16O5/c1-24-19-17(21)15-9-12(20(22)23)7-8-16(15)25-18(19)14-10-13(14)11-5-3-2-4-6-11/h2-9,13-14H,10H2,1H3,(H,22,23)/t13-,14+/m0/s1. The van der Waals surface area contributed by atoms with Crippen LogP contribution >= 0.6 is 0 Å². The molecule has 1 heterocycles. The quantitative estimate of drug-likeness (QED) is 0.785. The van der Waals surface area contributed by atoms with Crippen LogP contribution in [0.5, 0.6) is 5.75 Å². The summed E-state index contributed by atoms with van der Waals surface area (Å²) in [6, 6.07) is 14.4. The lowest BCUT2D eigenvalue weighted by atomic mass is 10.1. The molecule has 2 atom stereocenters. The van der Waals surface area contributed by atoms with Crippen molar-refractivity contribution >= 4 is 16.9 Å². The molecule has 0 bridgehead atoms. The summed E-state index contributed by atoms with van der Waals surface area (Å²) >= 11 is 0. The molecule has 0 radical (unpaired) electrons. The summed E-state index contributed by atoms with van der Waals surface area (Å²) in [4.78, 5) is 23.9. The Hall–Kier alpha value is -3.08. The third kappa shape index (κ3) is 2.58. The molecule has 0 aliphatic heterocycles. The van der Waals surface area contributed by atoms with Crippen LogP contribution < -0.4 is 10.2 Å². The average molecular weight is 336 g/mol. The summed E-state index contributed by atoms with van der Waals surface area (Å²) in [7, 11) is 1.43. The van der Waals surface area contributed by atoms with Crippen molar-refractivity contribution in [3.63, 3.8) is 0 Å². The molecule has 1 saturated carbocycles. The Labute approximate surface area is 143 Å². The molecule has 4 rings (SSSR count). The third-order valence-corrected chi connectivity index (χ3v) is 4.68. The molecular formula is C20H16O5. The number of hydrogen-bond acceptors (Lipinski definition) is 4. The van der Waals surface area contributed by atoms with E-state index in [2.05, 4.69) is 12.1 Å². The number of carboxylic acid groups (broad SMARTS) is 1. The van der Waals surface area contributed by atoms with Gasteiger partial charge >= 0.3 is 5.97 Å². The molecule has 1 N–H and O–H groups in total. The Morgan fingerprint density at radius 1 is 1.16 bits per heavy atom. The number of ether oxygens (including phenoxy) is 1. The van der Waals surface area contributed by atoms with E-state index in [1.807, 2.05) is 18.2 Å². The van der Waals surface area contributed by atoms with E-state index in [9.17, 15) is 9.59 Å². The maximum Gasteiger partial charge on any atom is 0.335 e. The summed E-state index contributed by atoms with van der Waals surface area (Å²) in [5.41, 5.74) is 1.30. The summed E-state index contributed by atoms with van der Waals surface area (Å²) < 4.78 is 11.3. The van der Waals surface area contributed by atoms with Crippen LogP contribution in [0.25, 0.3) is 11.0 Å². The highest BCUT2D eigenvalue weighted by atomic mass is 16.5. The molecule has 1 fully saturated rings. The van der Waals surface area contributed by atoms with Gasteiger partial charge in [-0.3, -0.25) is 4.79 Å². The molecule has 0 amide bonds. The smallest absolute Gasteiger partial charge is 0.335 e. The number of aromatic carboxylic acids is 1. The fraction of sp³-hybridized carbons (Fsp3) is 0.200. The van der Waals surface area contributed by atoms with E-state index < -0.39 is 5.97 Å². The van der Waals surface area contributed by atoms with E-state index in [1.54, 1.807) is 0 Å². The van der Waals surface area contributed by atoms with Crippen LogP contribution in [0.2, 0.25) is 0 Å². The Balaban J connectivity index is 1.81. The van der Waals surface area contributed by atoms with Crippen molar-refractivity contribution in [2.45, 2.75) is 18.3 Å². The molecule has 1 aromatic heterocycles. The van der Waals surface area contributed by atoms with Gasteiger partial charge in [-0.25, -0.2) is 4.79 Å². The highest BCUT2D eigenvalue weighted by molar-refractivity contribution is 5.93. The monoisotopic (exact) mass is 336 g/mol. The average Bonchev–Trinajstić information content (AvgIpc) is 3.42. The van der Waals surface area contributed by atoms with Crippen molar-refractivity contribution in [3.05, 3.63) is 75.6 Å². The minimum atomic E-state index is -1.09. The zero-order chi connectivity index (χ0) is 17.6. The van der Waals surface area contributed by atoms with Crippen LogP contribution in [0.15, 0.2) is 57.7 Å². The topological polar surface area (TPSA) is 76.7 Å². The largest absolute Gasteiger partial charge is 0.490 e. The van der Waals surface area contributed by atoms with Gasteiger partial charge in [-0.2, -0.15) is 0 Å². The van der Waals surface area contributed by atoms with E-state index in [4.69, 9.17) is 14.3 Å². The third-order valence-electron chi connectivity index (χ3n) is 4.68. The van der Waals surface area contributed by atoms with Crippen LogP contribution in [0.1, 0.15) is 39.9 Å². The van der Waals surface area contributed by atoms with Gasteiger partial charge in [-0.15, -0.1) is 0 Å². The van der Waals surface area contributed by atoms with E-state index in [0.717, 1.165) is 6.42 Å². The van der Waals surface area contributed by atoms with Gasteiger partial charge in [0.1, 0.15) is 5.58 Å². The highest BCUT2D eigenvalue weighted by Gasteiger charge is 2.44. The predicted molar refractivity (Wildman–Crippen MR) is 92.5 cm³/mol. The number of fused-ring (bicyclic) bond motifs is 1. The van der Waals surface area contributed by atoms with Crippen LogP contribution in [-0.4, -0.2) is 18.2 Å². The zero-order valence-corrected chi connectivity index (χ0v) is 13.6. The van der Waals surface area contributed by atoms with Crippen molar-refractivity contribution in [1.82, 2.24) is 0 Å². The van der Waals surface area contributed by atoms with Gasteiger partial charge < -0.3 is 14.3 Å². The van der Waals surface area contributed by atoms with Gasteiger partial charge in [-0.05, 0) is 36.1 Å². The number of methoxy groups -OCH3 is 1. The van der Waals surface area contributed by atoms with E-state index in [1.165, 1.54) is 30.9 Å². The van der Waals surface area contributed by atoms with Crippen molar-refractivity contribution in [2.24, 2.45) is 0 Å². The minimum absolute atomic E-state index is 0.0446. The van der Waals surface area contributed by atoms with Crippen LogP contribution in [0.4, 0.5) is 0 Å². The highest BCUT2D eigenvalue weighted by Crippen LogP contribution is 2.56. The first-order valence-corrected chi connectivity index (χ1v) is 8.03. The summed E-state index contributed by atoms with van der Waals surface area (Å²) in [6.45, 7) is 0. The lowest BCUT2D eigenvalue weighted by Crippen LogP contribution is -2.10. The fourth-order valence-electron chi connectivity index (χ4n) is 3.32. The predicted octanol–water partition coefficient (Wildman–Crippen LogP) is 3.77. The molecule has 3 aromatic rings. The normalized spacial score (nSPS) is 18.9. The molecule has 0 spiro atoms. The van der Waals surface area contributed by atoms with Gasteiger partial charge in [0, 0.05) is 5.92 Å². The molecule has 0 unspecified atom stereocenters. The van der Waals surface area contributed by atoms with Gasteiger partial charge in [0.15, 0.2) is 5.76 Å². The fourth-order valence-corrected chi connectivity index (χ4v) is 3.32. The second kappa shape index (κ2) is 5.77.